The summed E-state index contributed by atoms with van der Waals surface area (Å²) >= 11 is 1.69. The highest BCUT2D eigenvalue weighted by atomic mass is 32.2. The maximum absolute atomic E-state index is 11.9. The van der Waals surface area contributed by atoms with Gasteiger partial charge in [0, 0.05) is 5.75 Å². The molecule has 2 aromatic rings. The molecule has 1 N–H and O–H groups in total. The predicted molar refractivity (Wildman–Crippen MR) is 87.3 cm³/mol. The monoisotopic (exact) mass is 301 g/mol. The quantitative estimate of drug-likeness (QED) is 0.876. The van der Waals surface area contributed by atoms with Gasteiger partial charge in [-0.3, -0.25) is 0 Å². The van der Waals surface area contributed by atoms with E-state index in [-0.39, 0.29) is 18.7 Å². The molecule has 2 aromatic carbocycles. The zero-order valence-electron chi connectivity index (χ0n) is 12.0. The SMILES string of the molecule is CSCC(NC(=O)OCc1ccccc1)c1ccccc1. The molecule has 21 heavy (non-hydrogen) atoms. The lowest BCUT2D eigenvalue weighted by Crippen LogP contribution is -2.30. The number of alkyl carbamates (subject to hydrolysis) is 1. The molecule has 4 heteroatoms. The van der Waals surface area contributed by atoms with E-state index in [1.165, 1.54) is 0 Å². The number of hydrogen-bond acceptors (Lipinski definition) is 3. The molecule has 110 valence electrons. The number of carbonyl (C=O) groups is 1. The zero-order valence-corrected chi connectivity index (χ0v) is 12.8. The van der Waals surface area contributed by atoms with Crippen LogP contribution in [0.5, 0.6) is 0 Å². The molecule has 0 spiro atoms. The fourth-order valence-electron chi connectivity index (χ4n) is 1.98. The standard InChI is InChI=1S/C17H19NO2S/c1-21-13-16(15-10-6-3-7-11-15)18-17(19)20-12-14-8-4-2-5-9-14/h2-11,16H,12-13H2,1H3,(H,18,19). The lowest BCUT2D eigenvalue weighted by molar-refractivity contribution is 0.136. The van der Waals surface area contributed by atoms with Crippen LogP contribution in [0.4, 0.5) is 4.79 Å². The van der Waals surface area contributed by atoms with E-state index < -0.39 is 0 Å². The van der Waals surface area contributed by atoms with Crippen molar-refractivity contribution in [2.45, 2.75) is 12.6 Å². The number of benzene rings is 2. The average molecular weight is 301 g/mol. The van der Waals surface area contributed by atoms with E-state index in [1.54, 1.807) is 11.8 Å². The van der Waals surface area contributed by atoms with Gasteiger partial charge >= 0.3 is 6.09 Å². The van der Waals surface area contributed by atoms with Crippen LogP contribution in [0.25, 0.3) is 0 Å². The molecule has 0 saturated heterocycles. The van der Waals surface area contributed by atoms with Gasteiger partial charge in [0.1, 0.15) is 6.61 Å². The molecule has 0 bridgehead atoms. The van der Waals surface area contributed by atoms with Gasteiger partial charge in [-0.2, -0.15) is 11.8 Å². The Morgan fingerprint density at radius 2 is 1.71 bits per heavy atom. The first-order chi connectivity index (χ1) is 10.3. The molecule has 1 unspecified atom stereocenters. The van der Waals surface area contributed by atoms with Gasteiger partial charge in [0.2, 0.25) is 0 Å². The number of hydrogen-bond donors (Lipinski definition) is 1. The molecule has 0 aliphatic heterocycles. The Morgan fingerprint density at radius 3 is 2.33 bits per heavy atom. The highest BCUT2D eigenvalue weighted by Crippen LogP contribution is 2.17. The largest absolute Gasteiger partial charge is 0.445 e. The Hall–Kier alpha value is -1.94. The number of nitrogens with one attached hydrogen (secondary N) is 1. The van der Waals surface area contributed by atoms with Crippen LogP contribution in [-0.4, -0.2) is 18.1 Å². The van der Waals surface area contributed by atoms with Gasteiger partial charge in [-0.1, -0.05) is 60.7 Å². The second-order valence-corrected chi connectivity index (χ2v) is 5.54. The summed E-state index contributed by atoms with van der Waals surface area (Å²) in [6, 6.07) is 19.6. The van der Waals surface area contributed by atoms with E-state index in [1.807, 2.05) is 66.9 Å². The first kappa shape index (κ1) is 15.4. The van der Waals surface area contributed by atoms with Crippen LogP contribution >= 0.6 is 11.8 Å². The van der Waals surface area contributed by atoms with E-state index in [0.29, 0.717) is 0 Å². The van der Waals surface area contributed by atoms with E-state index in [9.17, 15) is 4.79 Å². The summed E-state index contributed by atoms with van der Waals surface area (Å²) in [6.07, 6.45) is 1.63. The van der Waals surface area contributed by atoms with Gasteiger partial charge in [0.25, 0.3) is 0 Å². The molecule has 0 aromatic heterocycles. The van der Waals surface area contributed by atoms with Crippen LogP contribution in [0, 0.1) is 0 Å². The number of ether oxygens (including phenoxy) is 1. The predicted octanol–water partition coefficient (Wildman–Crippen LogP) is 4.02. The van der Waals surface area contributed by atoms with Crippen LogP contribution in [0.15, 0.2) is 60.7 Å². The van der Waals surface area contributed by atoms with Crippen molar-refractivity contribution in [1.29, 1.82) is 0 Å². The highest BCUT2D eigenvalue weighted by molar-refractivity contribution is 7.98. The minimum absolute atomic E-state index is 0.0375. The van der Waals surface area contributed by atoms with Crippen LogP contribution in [0.2, 0.25) is 0 Å². The Kier molecular flexibility index (Phi) is 6.16. The maximum Gasteiger partial charge on any atom is 0.407 e. The van der Waals surface area contributed by atoms with Crippen molar-refractivity contribution < 1.29 is 9.53 Å². The lowest BCUT2D eigenvalue weighted by atomic mass is 10.1. The molecule has 0 aliphatic rings. The second-order valence-electron chi connectivity index (χ2n) is 4.62. The number of carbonyl (C=O) groups excluding carboxylic acids is 1. The number of amides is 1. The molecule has 0 fully saturated rings. The van der Waals surface area contributed by atoms with Crippen LogP contribution in [0.3, 0.4) is 0 Å². The Labute approximate surface area is 129 Å². The zero-order chi connectivity index (χ0) is 14.9. The first-order valence-electron chi connectivity index (χ1n) is 6.80. The summed E-state index contributed by atoms with van der Waals surface area (Å²) in [4.78, 5) is 11.9. The van der Waals surface area contributed by atoms with E-state index in [2.05, 4.69) is 5.32 Å². The third-order valence-electron chi connectivity index (χ3n) is 3.04. The summed E-state index contributed by atoms with van der Waals surface area (Å²) < 4.78 is 5.27. The first-order valence-corrected chi connectivity index (χ1v) is 8.20. The topological polar surface area (TPSA) is 38.3 Å². The van der Waals surface area contributed by atoms with Crippen molar-refractivity contribution >= 4 is 17.9 Å². The molecular weight excluding hydrogens is 282 g/mol. The Balaban J connectivity index is 1.89. The van der Waals surface area contributed by atoms with Gasteiger partial charge in [-0.05, 0) is 17.4 Å². The molecule has 1 amide bonds. The summed E-state index contributed by atoms with van der Waals surface area (Å²) in [5, 5.41) is 2.92. The smallest absolute Gasteiger partial charge is 0.407 e. The molecular formula is C17H19NO2S. The van der Waals surface area contributed by atoms with Gasteiger partial charge in [0.15, 0.2) is 0 Å². The van der Waals surface area contributed by atoms with Crippen LogP contribution < -0.4 is 5.32 Å². The van der Waals surface area contributed by atoms with Gasteiger partial charge < -0.3 is 10.1 Å². The van der Waals surface area contributed by atoms with Gasteiger partial charge in [-0.25, -0.2) is 4.79 Å². The second kappa shape index (κ2) is 8.37. The summed E-state index contributed by atoms with van der Waals surface area (Å²) in [6.45, 7) is 0.285. The Bertz CT molecular complexity index is 545. The number of thioether (sulfide) groups is 1. The van der Waals surface area contributed by atoms with Crippen molar-refractivity contribution in [3.05, 3.63) is 71.8 Å². The normalized spacial score (nSPS) is 11.7. The van der Waals surface area contributed by atoms with E-state index in [4.69, 9.17) is 4.74 Å². The molecule has 2 rings (SSSR count). The molecule has 3 nitrogen and oxygen atoms in total. The van der Waals surface area contributed by atoms with Gasteiger partial charge in [-0.15, -0.1) is 0 Å². The van der Waals surface area contributed by atoms with E-state index >= 15 is 0 Å². The summed E-state index contributed by atoms with van der Waals surface area (Å²) in [5.74, 6) is 0.810. The minimum Gasteiger partial charge on any atom is -0.445 e. The third kappa shape index (κ3) is 5.16. The molecule has 0 radical (unpaired) electrons. The lowest BCUT2D eigenvalue weighted by Gasteiger charge is -2.18. The van der Waals surface area contributed by atoms with Crippen molar-refractivity contribution in [1.82, 2.24) is 5.32 Å². The fraction of sp³-hybridized carbons (Fsp3) is 0.235. The Morgan fingerprint density at radius 1 is 1.10 bits per heavy atom. The van der Waals surface area contributed by atoms with Crippen LogP contribution in [-0.2, 0) is 11.3 Å². The van der Waals surface area contributed by atoms with E-state index in [0.717, 1.165) is 16.9 Å². The minimum atomic E-state index is -0.387. The van der Waals surface area contributed by atoms with Crippen molar-refractivity contribution in [2.75, 3.05) is 12.0 Å². The van der Waals surface area contributed by atoms with Crippen molar-refractivity contribution in [2.24, 2.45) is 0 Å². The fourth-order valence-corrected chi connectivity index (χ4v) is 2.59. The average Bonchev–Trinajstić information content (AvgIpc) is 2.54. The van der Waals surface area contributed by atoms with Crippen molar-refractivity contribution in [3.8, 4) is 0 Å². The summed E-state index contributed by atoms with van der Waals surface area (Å²) in [7, 11) is 0. The molecule has 0 saturated carbocycles. The maximum atomic E-state index is 11.9. The summed E-state index contributed by atoms with van der Waals surface area (Å²) in [5.41, 5.74) is 2.07. The number of rotatable bonds is 6. The molecule has 1 atom stereocenters. The van der Waals surface area contributed by atoms with Crippen LogP contribution in [0.1, 0.15) is 17.2 Å². The van der Waals surface area contributed by atoms with Crippen molar-refractivity contribution in [3.63, 3.8) is 0 Å². The molecule has 0 heterocycles. The third-order valence-corrected chi connectivity index (χ3v) is 3.71. The van der Waals surface area contributed by atoms with Gasteiger partial charge in [0.05, 0.1) is 6.04 Å². The highest BCUT2D eigenvalue weighted by Gasteiger charge is 2.14. The molecule has 0 aliphatic carbocycles.